The molecule has 0 aliphatic heterocycles. The number of benzene rings is 3. The Bertz CT molecular complexity index is 1240. The number of aliphatic hydroxyl groups is 1. The van der Waals surface area contributed by atoms with Gasteiger partial charge in [0.1, 0.15) is 24.3 Å². The first kappa shape index (κ1) is 27.1. The summed E-state index contributed by atoms with van der Waals surface area (Å²) in [6.45, 7) is 5.06. The second-order valence-corrected chi connectivity index (χ2v) is 9.56. The third-order valence-electron chi connectivity index (χ3n) is 5.73. The summed E-state index contributed by atoms with van der Waals surface area (Å²) >= 11 is 0. The van der Waals surface area contributed by atoms with Crippen molar-refractivity contribution >= 4 is 5.97 Å². The van der Waals surface area contributed by atoms with Gasteiger partial charge in [0.2, 0.25) is 0 Å². The summed E-state index contributed by atoms with van der Waals surface area (Å²) in [5, 5.41) is 18.9. The first-order valence-corrected chi connectivity index (χ1v) is 11.3. The maximum absolute atomic E-state index is 15.6. The SMILES string of the molecule is COc1ccc(F)c(-c2ccc(COc3cccc([C@H](O)CC(=O)O)c3F)cc2[C@H](F)C(C)(C)C)c1. The molecule has 0 aliphatic rings. The summed E-state index contributed by atoms with van der Waals surface area (Å²) in [5.74, 6) is -2.43. The number of methoxy groups -OCH3 is 1. The molecule has 0 radical (unpaired) electrons. The Labute approximate surface area is 208 Å². The zero-order valence-electron chi connectivity index (χ0n) is 20.5. The first-order valence-electron chi connectivity index (χ1n) is 11.3. The minimum absolute atomic E-state index is 0.139. The molecule has 3 aromatic carbocycles. The van der Waals surface area contributed by atoms with Gasteiger partial charge in [0.25, 0.3) is 0 Å². The minimum Gasteiger partial charge on any atom is -0.497 e. The van der Waals surface area contributed by atoms with Crippen molar-refractivity contribution in [1.82, 2.24) is 0 Å². The molecule has 0 saturated heterocycles. The summed E-state index contributed by atoms with van der Waals surface area (Å²) in [6, 6.07) is 13.1. The Kier molecular flexibility index (Phi) is 8.30. The number of carboxylic acid groups (broad SMARTS) is 1. The molecule has 0 aliphatic carbocycles. The molecule has 8 heteroatoms. The summed E-state index contributed by atoms with van der Waals surface area (Å²) in [7, 11) is 1.46. The maximum Gasteiger partial charge on any atom is 0.306 e. The van der Waals surface area contributed by atoms with Crippen LogP contribution in [0, 0.1) is 17.0 Å². The van der Waals surface area contributed by atoms with Gasteiger partial charge in [-0.25, -0.2) is 13.2 Å². The van der Waals surface area contributed by atoms with Gasteiger partial charge in [0, 0.05) is 11.1 Å². The quantitative estimate of drug-likeness (QED) is 0.337. The van der Waals surface area contributed by atoms with Gasteiger partial charge in [-0.15, -0.1) is 0 Å². The number of ether oxygens (including phenoxy) is 2. The summed E-state index contributed by atoms with van der Waals surface area (Å²) in [4.78, 5) is 10.9. The van der Waals surface area contributed by atoms with E-state index in [4.69, 9.17) is 14.6 Å². The molecular weight excluding hydrogens is 473 g/mol. The molecule has 2 atom stereocenters. The average Bonchev–Trinajstić information content (AvgIpc) is 2.82. The molecule has 0 heterocycles. The number of carbonyl (C=O) groups is 1. The highest BCUT2D eigenvalue weighted by atomic mass is 19.1. The molecular formula is C28H29F3O5. The second kappa shape index (κ2) is 11.0. The lowest BCUT2D eigenvalue weighted by Crippen LogP contribution is -2.15. The molecule has 0 spiro atoms. The Hall–Kier alpha value is -3.52. The molecule has 36 heavy (non-hydrogen) atoms. The number of carboxylic acids is 1. The van der Waals surface area contributed by atoms with Crippen LogP contribution in [0.4, 0.5) is 13.2 Å². The van der Waals surface area contributed by atoms with Crippen LogP contribution in [0.5, 0.6) is 11.5 Å². The lowest BCUT2D eigenvalue weighted by Gasteiger charge is -2.27. The van der Waals surface area contributed by atoms with Crippen molar-refractivity contribution in [2.75, 3.05) is 7.11 Å². The van der Waals surface area contributed by atoms with Crippen LogP contribution in [0.25, 0.3) is 11.1 Å². The normalized spacial score (nSPS) is 13.2. The predicted octanol–water partition coefficient (Wildman–Crippen LogP) is 6.78. The van der Waals surface area contributed by atoms with Gasteiger partial charge in [0.05, 0.1) is 19.6 Å². The number of aliphatic hydroxyl groups excluding tert-OH is 1. The monoisotopic (exact) mass is 502 g/mol. The molecule has 0 saturated carbocycles. The van der Waals surface area contributed by atoms with E-state index in [9.17, 15) is 18.7 Å². The topological polar surface area (TPSA) is 76.0 Å². The van der Waals surface area contributed by atoms with Crippen LogP contribution in [0.15, 0.2) is 54.6 Å². The first-order chi connectivity index (χ1) is 16.9. The Morgan fingerprint density at radius 1 is 1.00 bits per heavy atom. The second-order valence-electron chi connectivity index (χ2n) is 9.56. The number of rotatable bonds is 9. The van der Waals surface area contributed by atoms with Gasteiger partial charge in [-0.2, -0.15) is 0 Å². The van der Waals surface area contributed by atoms with Gasteiger partial charge in [-0.1, -0.05) is 45.0 Å². The summed E-state index contributed by atoms with van der Waals surface area (Å²) < 4.78 is 56.0. The fourth-order valence-corrected chi connectivity index (χ4v) is 3.79. The van der Waals surface area contributed by atoms with Crippen LogP contribution in [0.3, 0.4) is 0 Å². The van der Waals surface area contributed by atoms with Crippen LogP contribution in [0.1, 0.15) is 56.2 Å². The van der Waals surface area contributed by atoms with E-state index < -0.39 is 41.7 Å². The predicted molar refractivity (Wildman–Crippen MR) is 130 cm³/mol. The van der Waals surface area contributed by atoms with E-state index in [1.807, 2.05) is 0 Å². The van der Waals surface area contributed by atoms with Crippen molar-refractivity contribution in [3.63, 3.8) is 0 Å². The molecule has 5 nitrogen and oxygen atoms in total. The Morgan fingerprint density at radius 3 is 2.36 bits per heavy atom. The van der Waals surface area contributed by atoms with Crippen molar-refractivity contribution in [3.8, 4) is 22.6 Å². The zero-order valence-corrected chi connectivity index (χ0v) is 20.5. The van der Waals surface area contributed by atoms with Crippen molar-refractivity contribution in [3.05, 3.63) is 82.9 Å². The molecule has 0 amide bonds. The van der Waals surface area contributed by atoms with E-state index >= 15 is 4.39 Å². The number of aliphatic carboxylic acids is 1. The van der Waals surface area contributed by atoms with Crippen molar-refractivity contribution in [1.29, 1.82) is 0 Å². The third-order valence-corrected chi connectivity index (χ3v) is 5.73. The molecule has 0 fully saturated rings. The van der Waals surface area contributed by atoms with E-state index in [1.165, 1.54) is 43.5 Å². The molecule has 0 bridgehead atoms. The highest BCUT2D eigenvalue weighted by molar-refractivity contribution is 5.70. The van der Waals surface area contributed by atoms with Crippen molar-refractivity contribution in [2.45, 2.75) is 46.1 Å². The highest BCUT2D eigenvalue weighted by Gasteiger charge is 2.29. The molecule has 2 N–H and O–H groups in total. The maximum atomic E-state index is 15.6. The Morgan fingerprint density at radius 2 is 1.72 bits per heavy atom. The molecule has 3 rings (SSSR count). The van der Waals surface area contributed by atoms with Crippen LogP contribution in [-0.4, -0.2) is 23.3 Å². The van der Waals surface area contributed by atoms with Gasteiger partial charge in [-0.3, -0.25) is 4.79 Å². The van der Waals surface area contributed by atoms with E-state index in [2.05, 4.69) is 0 Å². The van der Waals surface area contributed by atoms with Crippen LogP contribution in [-0.2, 0) is 11.4 Å². The lowest BCUT2D eigenvalue weighted by atomic mass is 9.82. The lowest BCUT2D eigenvalue weighted by molar-refractivity contribution is -0.139. The zero-order chi connectivity index (χ0) is 26.6. The number of alkyl halides is 1. The van der Waals surface area contributed by atoms with E-state index in [0.717, 1.165) is 0 Å². The number of hydrogen-bond acceptors (Lipinski definition) is 4. The van der Waals surface area contributed by atoms with Gasteiger partial charge < -0.3 is 19.7 Å². The standard InChI is InChI=1S/C28H29F3O5/c1-28(2,3)27(31)21-12-16(8-10-18(21)20-13-17(35-4)9-11-22(20)29)15-36-24-7-5-6-19(26(24)30)23(32)14-25(33)34/h5-13,23,27,32H,14-15H2,1-4H3,(H,33,34)/t23-,27+/m1/s1. The van der Waals surface area contributed by atoms with Crippen LogP contribution in [0.2, 0.25) is 0 Å². The molecule has 0 aromatic heterocycles. The highest BCUT2D eigenvalue weighted by Crippen LogP contribution is 2.42. The van der Waals surface area contributed by atoms with Gasteiger partial charge in [0.15, 0.2) is 11.6 Å². The van der Waals surface area contributed by atoms with Crippen LogP contribution < -0.4 is 9.47 Å². The fraction of sp³-hybridized carbons (Fsp3) is 0.321. The van der Waals surface area contributed by atoms with Gasteiger partial charge >= 0.3 is 5.97 Å². The van der Waals surface area contributed by atoms with Crippen LogP contribution >= 0.6 is 0 Å². The molecule has 0 unspecified atom stereocenters. The van der Waals surface area contributed by atoms with E-state index in [-0.39, 0.29) is 29.0 Å². The van der Waals surface area contributed by atoms with Crippen molar-refractivity contribution in [2.24, 2.45) is 5.41 Å². The Balaban J connectivity index is 1.96. The largest absolute Gasteiger partial charge is 0.497 e. The average molecular weight is 503 g/mol. The number of hydrogen-bond donors (Lipinski definition) is 2. The van der Waals surface area contributed by atoms with E-state index in [0.29, 0.717) is 16.9 Å². The third kappa shape index (κ3) is 6.18. The van der Waals surface area contributed by atoms with E-state index in [1.54, 1.807) is 39.0 Å². The fourth-order valence-electron chi connectivity index (χ4n) is 3.79. The molecule has 192 valence electrons. The number of halogens is 3. The molecule has 3 aromatic rings. The summed E-state index contributed by atoms with van der Waals surface area (Å²) in [5.41, 5.74) is 0.333. The van der Waals surface area contributed by atoms with Crippen molar-refractivity contribution < 1.29 is 37.7 Å². The van der Waals surface area contributed by atoms with Gasteiger partial charge in [-0.05, 0) is 52.4 Å². The smallest absolute Gasteiger partial charge is 0.306 e. The summed E-state index contributed by atoms with van der Waals surface area (Å²) in [6.07, 6.45) is -3.64. The minimum atomic E-state index is -1.53.